The topological polar surface area (TPSA) is 143 Å². The van der Waals surface area contributed by atoms with Crippen LogP contribution in [0.4, 0.5) is 11.4 Å². The number of fused-ring (bicyclic) bond motifs is 1. The largest absolute Gasteiger partial charge is 0.392 e. The summed E-state index contributed by atoms with van der Waals surface area (Å²) in [5, 5.41) is 23.8. The zero-order valence-corrected chi connectivity index (χ0v) is 31.6. The van der Waals surface area contributed by atoms with Crippen LogP contribution in [-0.2, 0) is 22.6 Å². The number of nitro benzene ring substituents is 1. The molecule has 2 aliphatic rings. The Morgan fingerprint density at radius 3 is 2.26 bits per heavy atom. The van der Waals surface area contributed by atoms with Crippen molar-refractivity contribution in [1.29, 1.82) is 0 Å². The van der Waals surface area contributed by atoms with Crippen LogP contribution in [0.1, 0.15) is 52.1 Å². The molecule has 2 saturated heterocycles. The van der Waals surface area contributed by atoms with E-state index in [4.69, 9.17) is 9.47 Å². The van der Waals surface area contributed by atoms with Gasteiger partial charge in [-0.3, -0.25) is 24.8 Å². The molecule has 0 spiro atoms. The number of ether oxygens (including phenoxy) is 2. The lowest BCUT2D eigenvalue weighted by atomic mass is 9.89. The normalized spacial score (nSPS) is 20.0. The van der Waals surface area contributed by atoms with E-state index in [1.165, 1.54) is 6.20 Å². The fourth-order valence-electron chi connectivity index (χ4n) is 7.59. The predicted molar refractivity (Wildman–Crippen MR) is 217 cm³/mol. The average molecular weight is 765 g/mol. The van der Waals surface area contributed by atoms with Gasteiger partial charge in [0.1, 0.15) is 5.69 Å². The smallest absolute Gasteiger partial charge is 0.271 e. The van der Waals surface area contributed by atoms with Gasteiger partial charge in [0.05, 0.1) is 41.0 Å². The number of para-hydroxylation sites is 2. The van der Waals surface area contributed by atoms with Crippen LogP contribution in [0.2, 0.25) is 0 Å². The van der Waals surface area contributed by atoms with Crippen LogP contribution in [0.5, 0.6) is 0 Å². The van der Waals surface area contributed by atoms with Crippen molar-refractivity contribution in [1.82, 2.24) is 20.2 Å². The number of nitro groups is 1. The molecular weight excluding hydrogens is 721 g/mol. The number of carbonyl (C=O) groups is 1. The Balaban J connectivity index is 0.943. The van der Waals surface area contributed by atoms with Gasteiger partial charge >= 0.3 is 0 Å². The summed E-state index contributed by atoms with van der Waals surface area (Å²) in [4.78, 5) is 37.2. The minimum atomic E-state index is -0.594. The summed E-state index contributed by atoms with van der Waals surface area (Å²) in [6.07, 6.45) is 0.559. The number of aliphatic hydroxyl groups excluding tert-OH is 1. The predicted octanol–water partition coefficient (Wildman–Crippen LogP) is 7.24. The van der Waals surface area contributed by atoms with Gasteiger partial charge in [-0.25, -0.2) is 4.98 Å². The van der Waals surface area contributed by atoms with Crippen molar-refractivity contribution in [3.8, 4) is 11.1 Å². The molecule has 0 radical (unpaired) electrons. The Labute approximate surface area is 330 Å². The van der Waals surface area contributed by atoms with E-state index in [0.717, 1.165) is 77.3 Å². The summed E-state index contributed by atoms with van der Waals surface area (Å²) in [6.45, 7) is 6.50. The SMILES string of the molecule is CC1C(CN2CCN(c3ccc([N+](=O)[O-])cc3)CC2)OC(c2ccc(-c3cccc(CNC(=O)c4cnc5ccccc5n4)c3)cc2)OC1c1ccc(CO)cc1. The molecule has 3 heterocycles. The molecule has 5 aromatic carbocycles. The van der Waals surface area contributed by atoms with Crippen molar-refractivity contribution < 1.29 is 24.3 Å². The number of nitrogens with one attached hydrogen (secondary N) is 1. The van der Waals surface area contributed by atoms with Gasteiger partial charge in [-0.1, -0.05) is 85.8 Å². The summed E-state index contributed by atoms with van der Waals surface area (Å²) in [5.41, 5.74) is 8.56. The number of piperazine rings is 1. The monoisotopic (exact) mass is 764 g/mol. The van der Waals surface area contributed by atoms with E-state index in [2.05, 4.69) is 62.3 Å². The van der Waals surface area contributed by atoms with Crippen molar-refractivity contribution in [3.05, 3.63) is 166 Å². The number of benzene rings is 5. The fourth-order valence-corrected chi connectivity index (χ4v) is 7.59. The van der Waals surface area contributed by atoms with Gasteiger partial charge in [-0.05, 0) is 58.1 Å². The molecule has 1 amide bonds. The lowest BCUT2D eigenvalue weighted by molar-refractivity contribution is -0.384. The van der Waals surface area contributed by atoms with Crippen LogP contribution in [0.15, 0.2) is 128 Å². The van der Waals surface area contributed by atoms with E-state index < -0.39 is 6.29 Å². The highest BCUT2D eigenvalue weighted by atomic mass is 16.7. The maximum atomic E-state index is 12.9. The Kier molecular flexibility index (Phi) is 11.3. The number of hydrogen-bond donors (Lipinski definition) is 2. The molecule has 1 aromatic heterocycles. The third-order valence-corrected chi connectivity index (χ3v) is 10.9. The number of nitrogens with zero attached hydrogens (tertiary/aromatic N) is 5. The fraction of sp³-hybridized carbons (Fsp3) is 0.267. The summed E-state index contributed by atoms with van der Waals surface area (Å²) < 4.78 is 13.5. The van der Waals surface area contributed by atoms with Crippen LogP contribution < -0.4 is 10.2 Å². The zero-order valence-electron chi connectivity index (χ0n) is 31.6. The highest BCUT2D eigenvalue weighted by Gasteiger charge is 2.39. The molecule has 2 fully saturated rings. The molecule has 12 heteroatoms. The minimum Gasteiger partial charge on any atom is -0.392 e. The van der Waals surface area contributed by atoms with E-state index in [0.29, 0.717) is 12.1 Å². The summed E-state index contributed by atoms with van der Waals surface area (Å²) >= 11 is 0. The quantitative estimate of drug-likeness (QED) is 0.102. The number of carbonyl (C=O) groups excluding carboxylic acids is 1. The molecule has 2 N–H and O–H groups in total. The Bertz CT molecular complexity index is 2330. The van der Waals surface area contributed by atoms with Crippen molar-refractivity contribution in [2.75, 3.05) is 37.6 Å². The first kappa shape index (κ1) is 37.9. The third kappa shape index (κ3) is 8.69. The summed E-state index contributed by atoms with van der Waals surface area (Å²) in [7, 11) is 0. The maximum Gasteiger partial charge on any atom is 0.271 e. The lowest BCUT2D eigenvalue weighted by Crippen LogP contribution is -2.51. The number of aromatic nitrogens is 2. The average Bonchev–Trinajstić information content (AvgIpc) is 3.26. The molecule has 4 unspecified atom stereocenters. The number of non-ortho nitro benzene ring substituents is 1. The van der Waals surface area contributed by atoms with Crippen molar-refractivity contribution in [2.24, 2.45) is 5.92 Å². The first-order valence-electron chi connectivity index (χ1n) is 19.2. The van der Waals surface area contributed by atoms with E-state index in [-0.39, 0.29) is 46.9 Å². The number of aliphatic hydroxyl groups is 1. The third-order valence-electron chi connectivity index (χ3n) is 10.9. The second kappa shape index (κ2) is 17.0. The Morgan fingerprint density at radius 2 is 1.54 bits per heavy atom. The molecule has 12 nitrogen and oxygen atoms in total. The van der Waals surface area contributed by atoms with Crippen LogP contribution >= 0.6 is 0 Å². The standard InChI is InChI=1S/C45H44N6O6/c1-30-42(28-49-21-23-50(24-22-49)37-17-19-38(20-18-37)51(54)55)56-45(57-43(30)34-11-9-31(29-52)10-12-34)35-15-13-33(14-16-35)36-6-4-5-32(25-36)26-47-44(53)41-27-46-39-7-2-3-8-40(39)48-41/h2-20,25,27,30,42-43,45,52H,21-24,26,28-29H2,1H3,(H,47,53). The van der Waals surface area contributed by atoms with Crippen molar-refractivity contribution >= 4 is 28.3 Å². The Morgan fingerprint density at radius 1 is 0.825 bits per heavy atom. The lowest BCUT2D eigenvalue weighted by Gasteiger charge is -2.44. The van der Waals surface area contributed by atoms with Gasteiger partial charge in [0, 0.05) is 68.6 Å². The molecular formula is C45H44N6O6. The van der Waals surface area contributed by atoms with E-state index in [1.807, 2.05) is 78.9 Å². The van der Waals surface area contributed by atoms with Crippen molar-refractivity contribution in [2.45, 2.75) is 38.6 Å². The van der Waals surface area contributed by atoms with Crippen LogP contribution in [0.25, 0.3) is 22.2 Å². The first-order valence-corrected chi connectivity index (χ1v) is 19.2. The van der Waals surface area contributed by atoms with E-state index in [9.17, 15) is 20.0 Å². The molecule has 0 aliphatic carbocycles. The van der Waals surface area contributed by atoms with Gasteiger partial charge in [0.25, 0.3) is 11.6 Å². The Hall–Kier alpha value is -6.05. The van der Waals surface area contributed by atoms with Gasteiger partial charge in [-0.15, -0.1) is 0 Å². The number of hydrogen-bond acceptors (Lipinski definition) is 10. The summed E-state index contributed by atoms with van der Waals surface area (Å²) in [6, 6.07) is 38.5. The first-order chi connectivity index (χ1) is 27.8. The van der Waals surface area contributed by atoms with Gasteiger partial charge in [0.2, 0.25) is 0 Å². The maximum absolute atomic E-state index is 12.9. The van der Waals surface area contributed by atoms with E-state index in [1.54, 1.807) is 12.1 Å². The van der Waals surface area contributed by atoms with Gasteiger partial charge in [-0.2, -0.15) is 0 Å². The van der Waals surface area contributed by atoms with Crippen LogP contribution in [-0.4, -0.2) is 69.6 Å². The second-order valence-electron chi connectivity index (χ2n) is 14.6. The van der Waals surface area contributed by atoms with Crippen LogP contribution in [0.3, 0.4) is 0 Å². The number of rotatable bonds is 11. The molecule has 0 saturated carbocycles. The molecule has 6 aromatic rings. The van der Waals surface area contributed by atoms with E-state index >= 15 is 0 Å². The van der Waals surface area contributed by atoms with Gasteiger partial charge < -0.3 is 24.8 Å². The second-order valence-corrected chi connectivity index (χ2v) is 14.6. The minimum absolute atomic E-state index is 0.0218. The number of amides is 1. The van der Waals surface area contributed by atoms with Crippen LogP contribution in [0, 0.1) is 16.0 Å². The highest BCUT2D eigenvalue weighted by Crippen LogP contribution is 2.42. The van der Waals surface area contributed by atoms with Gasteiger partial charge in [0.15, 0.2) is 6.29 Å². The summed E-state index contributed by atoms with van der Waals surface area (Å²) in [5.74, 6) is -0.236. The molecule has 2 aliphatic heterocycles. The molecule has 0 bridgehead atoms. The zero-order chi connectivity index (χ0) is 39.3. The molecule has 290 valence electrons. The highest BCUT2D eigenvalue weighted by molar-refractivity contribution is 5.93. The molecule has 57 heavy (non-hydrogen) atoms. The molecule has 4 atom stereocenters. The number of anilines is 1. The molecule has 8 rings (SSSR count). The van der Waals surface area contributed by atoms with Crippen molar-refractivity contribution in [3.63, 3.8) is 0 Å².